The summed E-state index contributed by atoms with van der Waals surface area (Å²) in [6.45, 7) is 0.425. The number of rotatable bonds is 8. The summed E-state index contributed by atoms with van der Waals surface area (Å²) in [5.41, 5.74) is 3.59. The fourth-order valence-electron chi connectivity index (χ4n) is 4.96. The van der Waals surface area contributed by atoms with Crippen molar-refractivity contribution in [2.24, 2.45) is 0 Å². The second-order valence-electron chi connectivity index (χ2n) is 9.23. The van der Waals surface area contributed by atoms with Crippen molar-refractivity contribution >= 4 is 38.7 Å². The third-order valence-corrected chi connectivity index (χ3v) is 6.93. The monoisotopic (exact) mass is 522 g/mol. The number of furan rings is 1. The molecule has 3 aromatic carbocycles. The van der Waals surface area contributed by atoms with Gasteiger partial charge in [-0.15, -0.1) is 0 Å². The number of carbonyl (C=O) groups excluding carboxylic acids is 1. The van der Waals surface area contributed by atoms with Crippen LogP contribution in [0.5, 0.6) is 11.5 Å². The number of nitrogens with one attached hydrogen (secondary N) is 2. The normalized spacial score (nSPS) is 11.3. The maximum absolute atomic E-state index is 13.2. The first kappa shape index (κ1) is 24.4. The lowest BCUT2D eigenvalue weighted by Gasteiger charge is -2.07. The quantitative estimate of drug-likeness (QED) is 0.252. The van der Waals surface area contributed by atoms with E-state index in [1.807, 2.05) is 60.8 Å². The highest BCUT2D eigenvalue weighted by atomic mass is 16.5. The van der Waals surface area contributed by atoms with E-state index in [4.69, 9.17) is 18.3 Å². The Kier molecular flexibility index (Phi) is 6.28. The van der Waals surface area contributed by atoms with Gasteiger partial charge in [0.1, 0.15) is 28.2 Å². The number of hydrogen-bond donors (Lipinski definition) is 2. The van der Waals surface area contributed by atoms with Gasteiger partial charge in [0.05, 0.1) is 26.0 Å². The van der Waals surface area contributed by atoms with Gasteiger partial charge in [0, 0.05) is 34.8 Å². The van der Waals surface area contributed by atoms with Crippen molar-refractivity contribution in [2.75, 3.05) is 20.8 Å². The van der Waals surface area contributed by atoms with Gasteiger partial charge in [0.15, 0.2) is 5.58 Å². The molecule has 0 unspecified atom stereocenters. The maximum Gasteiger partial charge on any atom is 0.347 e. The lowest BCUT2D eigenvalue weighted by Crippen LogP contribution is -2.27. The Balaban J connectivity index is 1.31. The molecule has 6 rings (SSSR count). The predicted molar refractivity (Wildman–Crippen MR) is 150 cm³/mol. The molecule has 196 valence electrons. The van der Waals surface area contributed by atoms with Crippen LogP contribution in [-0.4, -0.2) is 31.7 Å². The standard InChI is InChI=1S/C31H26N2O6/c1-36-20-9-7-18(8-10-20)29-24(28-30(39-29)22-5-3-4-6-26(22)38-31(28)35)16-27(34)32-14-13-19-17-33-25-12-11-21(37-2)15-23(19)25/h3-12,15,17,33H,13-14,16H2,1-2H3,(H,32,34). The van der Waals surface area contributed by atoms with Gasteiger partial charge in [-0.1, -0.05) is 12.1 Å². The molecule has 2 N–H and O–H groups in total. The van der Waals surface area contributed by atoms with E-state index < -0.39 is 5.63 Å². The Morgan fingerprint density at radius 2 is 1.69 bits per heavy atom. The van der Waals surface area contributed by atoms with E-state index in [9.17, 15) is 9.59 Å². The number of H-pyrrole nitrogens is 1. The molecular weight excluding hydrogens is 496 g/mol. The molecule has 8 nitrogen and oxygen atoms in total. The zero-order valence-corrected chi connectivity index (χ0v) is 21.5. The first-order valence-corrected chi connectivity index (χ1v) is 12.6. The Morgan fingerprint density at radius 1 is 0.923 bits per heavy atom. The van der Waals surface area contributed by atoms with Crippen molar-refractivity contribution in [1.29, 1.82) is 0 Å². The molecule has 0 spiro atoms. The van der Waals surface area contributed by atoms with Gasteiger partial charge >= 0.3 is 5.63 Å². The molecule has 0 saturated heterocycles. The summed E-state index contributed by atoms with van der Waals surface area (Å²) < 4.78 is 22.5. The van der Waals surface area contributed by atoms with Gasteiger partial charge in [0.2, 0.25) is 5.91 Å². The number of aromatic nitrogens is 1. The summed E-state index contributed by atoms with van der Waals surface area (Å²) in [5.74, 6) is 1.69. The van der Waals surface area contributed by atoms with Crippen LogP contribution in [0.1, 0.15) is 11.1 Å². The highest BCUT2D eigenvalue weighted by Gasteiger charge is 2.24. The zero-order valence-electron chi connectivity index (χ0n) is 21.5. The molecular formula is C31H26N2O6. The molecule has 8 heteroatoms. The van der Waals surface area contributed by atoms with Crippen LogP contribution in [0.15, 0.2) is 86.6 Å². The van der Waals surface area contributed by atoms with Crippen LogP contribution < -0.4 is 20.4 Å². The van der Waals surface area contributed by atoms with E-state index in [1.165, 1.54) is 0 Å². The van der Waals surface area contributed by atoms with Crippen molar-refractivity contribution < 1.29 is 23.1 Å². The number of para-hydroxylation sites is 1. The summed E-state index contributed by atoms with van der Waals surface area (Å²) in [6.07, 6.45) is 2.53. The molecule has 0 aliphatic rings. The van der Waals surface area contributed by atoms with Crippen LogP contribution in [0, 0.1) is 0 Å². The number of ether oxygens (including phenoxy) is 2. The summed E-state index contributed by atoms with van der Waals surface area (Å²) in [7, 11) is 3.23. The molecule has 0 saturated carbocycles. The highest BCUT2D eigenvalue weighted by molar-refractivity contribution is 6.05. The summed E-state index contributed by atoms with van der Waals surface area (Å²) in [4.78, 5) is 29.5. The smallest absolute Gasteiger partial charge is 0.347 e. The summed E-state index contributed by atoms with van der Waals surface area (Å²) in [5, 5.41) is 4.99. The topological polar surface area (TPSA) is 107 Å². The lowest BCUT2D eigenvalue weighted by molar-refractivity contribution is -0.120. The van der Waals surface area contributed by atoms with Gasteiger partial charge in [-0.05, 0) is 66.6 Å². The average molecular weight is 523 g/mol. The Morgan fingerprint density at radius 3 is 2.49 bits per heavy atom. The minimum absolute atomic E-state index is 0.0425. The number of benzene rings is 3. The maximum atomic E-state index is 13.2. The number of fused-ring (bicyclic) bond motifs is 4. The molecule has 3 heterocycles. The first-order valence-electron chi connectivity index (χ1n) is 12.6. The Bertz CT molecular complexity index is 1880. The van der Waals surface area contributed by atoms with Crippen LogP contribution in [0.3, 0.4) is 0 Å². The second kappa shape index (κ2) is 10.1. The van der Waals surface area contributed by atoms with Gasteiger partial charge in [0.25, 0.3) is 0 Å². The van der Waals surface area contributed by atoms with E-state index in [1.54, 1.807) is 26.4 Å². The van der Waals surface area contributed by atoms with Gasteiger partial charge < -0.3 is 28.6 Å². The van der Waals surface area contributed by atoms with E-state index in [-0.39, 0.29) is 17.7 Å². The molecule has 1 amide bonds. The minimum Gasteiger partial charge on any atom is -0.497 e. The van der Waals surface area contributed by atoms with Crippen LogP contribution in [-0.2, 0) is 17.6 Å². The van der Waals surface area contributed by atoms with E-state index in [0.29, 0.717) is 46.6 Å². The molecule has 39 heavy (non-hydrogen) atoms. The SMILES string of the molecule is COc1ccc(-c2oc3c(c2CC(=O)NCCc2c[nH]c4ccc(OC)cc24)c(=O)oc2ccccc23)cc1. The first-order chi connectivity index (χ1) is 19.1. The Labute approximate surface area is 223 Å². The third-order valence-electron chi connectivity index (χ3n) is 6.93. The molecule has 0 aliphatic carbocycles. The van der Waals surface area contributed by atoms with Crippen molar-refractivity contribution in [1.82, 2.24) is 10.3 Å². The predicted octanol–water partition coefficient (Wildman–Crippen LogP) is 5.61. The average Bonchev–Trinajstić information content (AvgIpc) is 3.55. The van der Waals surface area contributed by atoms with Crippen molar-refractivity contribution in [2.45, 2.75) is 12.8 Å². The summed E-state index contributed by atoms with van der Waals surface area (Å²) >= 11 is 0. The van der Waals surface area contributed by atoms with Crippen molar-refractivity contribution in [3.63, 3.8) is 0 Å². The molecule has 0 fully saturated rings. The van der Waals surface area contributed by atoms with Gasteiger partial charge in [-0.3, -0.25) is 4.79 Å². The minimum atomic E-state index is -0.539. The van der Waals surface area contributed by atoms with E-state index in [0.717, 1.165) is 27.8 Å². The van der Waals surface area contributed by atoms with E-state index >= 15 is 0 Å². The van der Waals surface area contributed by atoms with Crippen LogP contribution in [0.2, 0.25) is 0 Å². The highest BCUT2D eigenvalue weighted by Crippen LogP contribution is 2.36. The molecule has 6 aromatic rings. The fourth-order valence-corrected chi connectivity index (χ4v) is 4.96. The number of amides is 1. The fraction of sp³-hybridized carbons (Fsp3) is 0.161. The number of hydrogen-bond acceptors (Lipinski definition) is 6. The number of carbonyl (C=O) groups is 1. The second-order valence-corrected chi connectivity index (χ2v) is 9.23. The Hall–Kier alpha value is -4.98. The molecule has 0 aliphatic heterocycles. The van der Waals surface area contributed by atoms with Gasteiger partial charge in [-0.2, -0.15) is 0 Å². The van der Waals surface area contributed by atoms with Crippen molar-refractivity contribution in [3.8, 4) is 22.8 Å². The number of aromatic amines is 1. The zero-order chi connectivity index (χ0) is 26.9. The summed E-state index contributed by atoms with van der Waals surface area (Å²) in [6, 6.07) is 20.3. The lowest BCUT2D eigenvalue weighted by atomic mass is 10.0. The van der Waals surface area contributed by atoms with Gasteiger partial charge in [-0.25, -0.2) is 4.79 Å². The number of methoxy groups -OCH3 is 2. The third kappa shape index (κ3) is 4.50. The van der Waals surface area contributed by atoms with E-state index in [2.05, 4.69) is 10.3 Å². The molecule has 0 bridgehead atoms. The molecule has 0 atom stereocenters. The van der Waals surface area contributed by atoms with Crippen LogP contribution in [0.4, 0.5) is 0 Å². The molecule has 0 radical (unpaired) electrons. The van der Waals surface area contributed by atoms with Crippen molar-refractivity contribution in [3.05, 3.63) is 94.5 Å². The molecule has 3 aromatic heterocycles. The van der Waals surface area contributed by atoms with Crippen LogP contribution >= 0.6 is 0 Å². The van der Waals surface area contributed by atoms with Crippen LogP contribution in [0.25, 0.3) is 44.2 Å². The largest absolute Gasteiger partial charge is 0.497 e.